The van der Waals surface area contributed by atoms with Gasteiger partial charge in [-0.05, 0) is 20.3 Å². The van der Waals surface area contributed by atoms with Gasteiger partial charge in [0.2, 0.25) is 0 Å². The van der Waals surface area contributed by atoms with E-state index in [-0.39, 0.29) is 5.91 Å². The molecular weight excluding hydrogens is 212 g/mol. The van der Waals surface area contributed by atoms with Crippen molar-refractivity contribution in [1.82, 2.24) is 0 Å². The molecule has 0 aromatic carbocycles. The van der Waals surface area contributed by atoms with Gasteiger partial charge < -0.3 is 14.6 Å². The van der Waals surface area contributed by atoms with Gasteiger partial charge in [-0.2, -0.15) is 0 Å². The second kappa shape index (κ2) is 6.98. The van der Waals surface area contributed by atoms with E-state index in [1.807, 2.05) is 0 Å². The summed E-state index contributed by atoms with van der Waals surface area (Å²) in [6.45, 7) is 3.53. The third-order valence-electron chi connectivity index (χ3n) is 2.60. The van der Waals surface area contributed by atoms with Crippen LogP contribution in [-0.2, 0) is 14.3 Å². The number of methoxy groups -OCH3 is 2. The summed E-state index contributed by atoms with van der Waals surface area (Å²) in [5.41, 5.74) is -0.607. The van der Waals surface area contributed by atoms with Crippen molar-refractivity contribution in [3.63, 3.8) is 0 Å². The number of carboxylic acid groups (broad SMARTS) is 1. The molecule has 0 aliphatic heterocycles. The summed E-state index contributed by atoms with van der Waals surface area (Å²) in [4.78, 5) is 10.8. The molecule has 0 unspecified atom stereocenters. The van der Waals surface area contributed by atoms with Crippen LogP contribution < -0.4 is 0 Å². The van der Waals surface area contributed by atoms with Crippen molar-refractivity contribution in [2.75, 3.05) is 14.2 Å². The second-order valence-electron chi connectivity index (χ2n) is 4.34. The standard InChI is InChI=1S/C10H22O4Si/c1-10(2,8(11)12)6-5-7-15-9(13-3)14-4/h9H,5-7,15H2,1-4H3,(H,11,12). The van der Waals surface area contributed by atoms with Crippen molar-refractivity contribution in [1.29, 1.82) is 0 Å². The first-order valence-corrected chi connectivity index (χ1v) is 7.04. The van der Waals surface area contributed by atoms with Gasteiger partial charge in [-0.1, -0.05) is 12.5 Å². The van der Waals surface area contributed by atoms with Crippen molar-refractivity contribution in [2.24, 2.45) is 5.41 Å². The fourth-order valence-electron chi connectivity index (χ4n) is 1.32. The summed E-state index contributed by atoms with van der Waals surface area (Å²) in [6.07, 6.45) is 1.66. The molecule has 0 aromatic heterocycles. The molecule has 4 nitrogen and oxygen atoms in total. The smallest absolute Gasteiger partial charge is 0.309 e. The second-order valence-corrected chi connectivity index (χ2v) is 6.29. The van der Waals surface area contributed by atoms with E-state index in [9.17, 15) is 4.79 Å². The Labute approximate surface area is 93.8 Å². The summed E-state index contributed by atoms with van der Waals surface area (Å²) >= 11 is 0. The lowest BCUT2D eigenvalue weighted by Crippen LogP contribution is -2.25. The maximum atomic E-state index is 10.8. The average Bonchev–Trinajstić information content (AvgIpc) is 2.18. The highest BCUT2D eigenvalue weighted by Crippen LogP contribution is 2.23. The molecule has 0 radical (unpaired) electrons. The Bertz CT molecular complexity index is 190. The van der Waals surface area contributed by atoms with Crippen LogP contribution in [0.2, 0.25) is 6.04 Å². The summed E-state index contributed by atoms with van der Waals surface area (Å²) in [7, 11) is 2.88. The Hall–Kier alpha value is -0.393. The van der Waals surface area contributed by atoms with Crippen molar-refractivity contribution in [3.05, 3.63) is 0 Å². The lowest BCUT2D eigenvalue weighted by Gasteiger charge is -2.19. The molecule has 0 saturated carbocycles. The van der Waals surface area contributed by atoms with Gasteiger partial charge in [0.1, 0.15) is 5.91 Å². The van der Waals surface area contributed by atoms with Crippen LogP contribution in [0.5, 0.6) is 0 Å². The quantitative estimate of drug-likeness (QED) is 0.387. The fourth-order valence-corrected chi connectivity index (χ4v) is 2.66. The zero-order chi connectivity index (χ0) is 11.9. The minimum absolute atomic E-state index is 0.0297. The Morgan fingerprint density at radius 2 is 1.93 bits per heavy atom. The van der Waals surface area contributed by atoms with Crippen LogP contribution in [0.3, 0.4) is 0 Å². The van der Waals surface area contributed by atoms with Gasteiger partial charge in [0.25, 0.3) is 0 Å². The van der Waals surface area contributed by atoms with Gasteiger partial charge in [0, 0.05) is 14.2 Å². The van der Waals surface area contributed by atoms with E-state index >= 15 is 0 Å². The number of hydrogen-bond acceptors (Lipinski definition) is 3. The number of hydrogen-bond donors (Lipinski definition) is 1. The molecule has 0 heterocycles. The zero-order valence-electron chi connectivity index (χ0n) is 10.1. The highest BCUT2D eigenvalue weighted by Gasteiger charge is 2.26. The SMILES string of the molecule is COC(OC)[SiH2]CCCC(C)(C)C(=O)O. The molecule has 0 bridgehead atoms. The Morgan fingerprint density at radius 1 is 1.40 bits per heavy atom. The molecule has 0 spiro atoms. The molecule has 90 valence electrons. The normalized spacial score (nSPS) is 12.9. The number of aliphatic carboxylic acids is 1. The fraction of sp³-hybridized carbons (Fsp3) is 0.900. The van der Waals surface area contributed by atoms with Gasteiger partial charge in [0.05, 0.1) is 14.9 Å². The lowest BCUT2D eigenvalue weighted by molar-refractivity contribution is -0.147. The Morgan fingerprint density at radius 3 is 2.33 bits per heavy atom. The third kappa shape index (κ3) is 5.91. The van der Waals surface area contributed by atoms with Gasteiger partial charge in [-0.25, -0.2) is 0 Å². The van der Waals surface area contributed by atoms with Crippen LogP contribution in [0.15, 0.2) is 0 Å². The number of carbonyl (C=O) groups is 1. The molecule has 0 aliphatic rings. The zero-order valence-corrected chi connectivity index (χ0v) is 11.5. The van der Waals surface area contributed by atoms with E-state index < -0.39 is 20.9 Å². The van der Waals surface area contributed by atoms with Crippen molar-refractivity contribution < 1.29 is 19.4 Å². The monoisotopic (exact) mass is 234 g/mol. The summed E-state index contributed by atoms with van der Waals surface area (Å²) in [6, 6.07) is 1.06. The van der Waals surface area contributed by atoms with Gasteiger partial charge in [-0.15, -0.1) is 0 Å². The number of ether oxygens (including phenoxy) is 2. The van der Waals surface area contributed by atoms with E-state index in [0.717, 1.165) is 18.9 Å². The molecular formula is C10H22O4Si. The van der Waals surface area contributed by atoms with E-state index in [4.69, 9.17) is 14.6 Å². The van der Waals surface area contributed by atoms with Gasteiger partial charge in [0.15, 0.2) is 0 Å². The summed E-state index contributed by atoms with van der Waals surface area (Å²) in [5.74, 6) is -0.753. The van der Waals surface area contributed by atoms with Crippen LogP contribution in [0.25, 0.3) is 0 Å². The molecule has 5 heteroatoms. The Balaban J connectivity index is 3.66. The minimum Gasteiger partial charge on any atom is -0.481 e. The molecule has 0 amide bonds. The Kier molecular flexibility index (Phi) is 6.79. The van der Waals surface area contributed by atoms with Crippen molar-refractivity contribution in [2.45, 2.75) is 38.6 Å². The summed E-state index contributed by atoms with van der Waals surface area (Å²) < 4.78 is 10.2. The van der Waals surface area contributed by atoms with Crippen LogP contribution in [0.4, 0.5) is 0 Å². The average molecular weight is 234 g/mol. The predicted octanol–water partition coefficient (Wildman–Crippen LogP) is 1.04. The van der Waals surface area contributed by atoms with E-state index in [1.54, 1.807) is 28.1 Å². The van der Waals surface area contributed by atoms with Crippen molar-refractivity contribution in [3.8, 4) is 0 Å². The van der Waals surface area contributed by atoms with Crippen LogP contribution in [0, 0.1) is 5.41 Å². The lowest BCUT2D eigenvalue weighted by atomic mass is 9.88. The van der Waals surface area contributed by atoms with E-state index in [0.29, 0.717) is 0 Å². The molecule has 0 saturated heterocycles. The minimum atomic E-state index is -0.723. The number of carboxylic acids is 1. The molecule has 0 fully saturated rings. The molecule has 15 heavy (non-hydrogen) atoms. The highest BCUT2D eigenvalue weighted by atomic mass is 28.2. The van der Waals surface area contributed by atoms with Gasteiger partial charge >= 0.3 is 5.97 Å². The topological polar surface area (TPSA) is 55.8 Å². The van der Waals surface area contributed by atoms with Gasteiger partial charge in [-0.3, -0.25) is 4.79 Å². The largest absolute Gasteiger partial charge is 0.481 e. The first kappa shape index (κ1) is 14.6. The molecule has 0 atom stereocenters. The molecule has 0 aromatic rings. The van der Waals surface area contributed by atoms with E-state index in [2.05, 4.69) is 0 Å². The first-order chi connectivity index (χ1) is 6.94. The van der Waals surface area contributed by atoms with Crippen LogP contribution in [-0.4, -0.2) is 40.7 Å². The molecule has 0 rings (SSSR count). The van der Waals surface area contributed by atoms with E-state index in [1.165, 1.54) is 0 Å². The highest BCUT2D eigenvalue weighted by molar-refractivity contribution is 6.36. The maximum absolute atomic E-state index is 10.8. The molecule has 0 aliphatic carbocycles. The predicted molar refractivity (Wildman–Crippen MR) is 61.8 cm³/mol. The maximum Gasteiger partial charge on any atom is 0.309 e. The first-order valence-electron chi connectivity index (χ1n) is 5.23. The van der Waals surface area contributed by atoms with Crippen LogP contribution in [0.1, 0.15) is 26.7 Å². The summed E-state index contributed by atoms with van der Waals surface area (Å²) in [5, 5.41) is 8.90. The third-order valence-corrected chi connectivity index (χ3v) is 4.64. The van der Waals surface area contributed by atoms with Crippen LogP contribution >= 0.6 is 0 Å². The number of rotatable bonds is 8. The molecule has 1 N–H and O–H groups in total. The van der Waals surface area contributed by atoms with Crippen molar-refractivity contribution >= 4 is 15.5 Å².